The third kappa shape index (κ3) is 3.43. The van der Waals surface area contributed by atoms with Crippen molar-refractivity contribution in [2.75, 3.05) is 11.3 Å². The smallest absolute Gasteiger partial charge is 0.235 e. The van der Waals surface area contributed by atoms with Crippen LogP contribution in [-0.4, -0.2) is 25.4 Å². The molecule has 1 aliphatic rings. The highest BCUT2D eigenvalue weighted by atomic mass is 32.2. The van der Waals surface area contributed by atoms with E-state index in [4.69, 9.17) is 4.74 Å². The molecule has 0 spiro atoms. The van der Waals surface area contributed by atoms with Crippen LogP contribution in [0.1, 0.15) is 38.2 Å². The molecule has 0 heterocycles. The van der Waals surface area contributed by atoms with Crippen LogP contribution >= 0.6 is 0 Å². The summed E-state index contributed by atoms with van der Waals surface area (Å²) in [6.45, 7) is 2.17. The van der Waals surface area contributed by atoms with Gasteiger partial charge >= 0.3 is 0 Å². The number of ether oxygens (including phenoxy) is 1. The highest BCUT2D eigenvalue weighted by molar-refractivity contribution is 7.93. The van der Waals surface area contributed by atoms with Gasteiger partial charge in [0, 0.05) is 11.3 Å². The van der Waals surface area contributed by atoms with Gasteiger partial charge in [-0.15, -0.1) is 0 Å². The third-order valence-electron chi connectivity index (χ3n) is 3.53. The Labute approximate surface area is 120 Å². The first-order valence-electron chi connectivity index (χ1n) is 6.95. The van der Waals surface area contributed by atoms with Gasteiger partial charge in [-0.25, -0.2) is 8.42 Å². The standard InChI is InChI=1S/C14H21NO4S/c1-2-19-14-8-7-12(9-11(14)10-16)15-20(17,18)13-5-3-4-6-13/h7-9,13,15-16H,2-6,10H2,1H3. The predicted molar refractivity (Wildman–Crippen MR) is 78.3 cm³/mol. The summed E-state index contributed by atoms with van der Waals surface area (Å²) in [5, 5.41) is 9.02. The Balaban J connectivity index is 2.17. The van der Waals surface area contributed by atoms with E-state index in [9.17, 15) is 13.5 Å². The van der Waals surface area contributed by atoms with Crippen molar-refractivity contribution in [1.29, 1.82) is 0 Å². The van der Waals surface area contributed by atoms with E-state index in [-0.39, 0.29) is 11.9 Å². The third-order valence-corrected chi connectivity index (χ3v) is 5.40. The highest BCUT2D eigenvalue weighted by Gasteiger charge is 2.28. The summed E-state index contributed by atoms with van der Waals surface area (Å²) in [7, 11) is -3.34. The van der Waals surface area contributed by atoms with Crippen LogP contribution < -0.4 is 9.46 Å². The van der Waals surface area contributed by atoms with Crippen LogP contribution in [-0.2, 0) is 16.6 Å². The van der Waals surface area contributed by atoms with E-state index in [0.29, 0.717) is 23.6 Å². The molecule has 20 heavy (non-hydrogen) atoms. The zero-order valence-electron chi connectivity index (χ0n) is 11.6. The van der Waals surface area contributed by atoms with Gasteiger partial charge in [-0.05, 0) is 38.0 Å². The summed E-state index contributed by atoms with van der Waals surface area (Å²) in [6, 6.07) is 4.97. The molecule has 0 aromatic heterocycles. The van der Waals surface area contributed by atoms with Gasteiger partial charge in [0.15, 0.2) is 0 Å². The van der Waals surface area contributed by atoms with Gasteiger partial charge in [0.25, 0.3) is 0 Å². The SMILES string of the molecule is CCOc1ccc(NS(=O)(=O)C2CCCC2)cc1CO. The number of sulfonamides is 1. The molecule has 0 aliphatic heterocycles. The maximum absolute atomic E-state index is 12.2. The molecule has 1 aromatic carbocycles. The molecule has 1 aliphatic carbocycles. The van der Waals surface area contributed by atoms with E-state index in [1.54, 1.807) is 18.2 Å². The molecule has 1 fully saturated rings. The number of aliphatic hydroxyl groups excluding tert-OH is 1. The number of nitrogens with one attached hydrogen (secondary N) is 1. The van der Waals surface area contributed by atoms with Crippen molar-refractivity contribution in [2.24, 2.45) is 0 Å². The van der Waals surface area contributed by atoms with Gasteiger partial charge in [0.1, 0.15) is 5.75 Å². The number of aliphatic hydroxyl groups is 1. The first kappa shape index (κ1) is 15.1. The minimum atomic E-state index is -3.34. The van der Waals surface area contributed by atoms with Crippen molar-refractivity contribution >= 4 is 15.7 Å². The van der Waals surface area contributed by atoms with Crippen LogP contribution in [0.15, 0.2) is 18.2 Å². The van der Waals surface area contributed by atoms with Crippen LogP contribution in [0.4, 0.5) is 5.69 Å². The lowest BCUT2D eigenvalue weighted by atomic mass is 10.2. The molecule has 5 nitrogen and oxygen atoms in total. The van der Waals surface area contributed by atoms with Crippen LogP contribution in [0.5, 0.6) is 5.75 Å². The van der Waals surface area contributed by atoms with Gasteiger partial charge in [0.05, 0.1) is 18.5 Å². The fourth-order valence-corrected chi connectivity index (χ4v) is 4.09. The van der Waals surface area contributed by atoms with Crippen LogP contribution in [0.2, 0.25) is 0 Å². The minimum Gasteiger partial charge on any atom is -0.494 e. The van der Waals surface area contributed by atoms with E-state index >= 15 is 0 Å². The monoisotopic (exact) mass is 299 g/mol. The molecule has 0 atom stereocenters. The van der Waals surface area contributed by atoms with E-state index < -0.39 is 10.0 Å². The molecule has 2 rings (SSSR count). The Morgan fingerprint density at radius 3 is 2.65 bits per heavy atom. The van der Waals surface area contributed by atoms with Crippen LogP contribution in [0.3, 0.4) is 0 Å². The molecule has 0 amide bonds. The van der Waals surface area contributed by atoms with Gasteiger partial charge < -0.3 is 9.84 Å². The molecular formula is C14H21NO4S. The van der Waals surface area contributed by atoms with Crippen molar-refractivity contribution in [3.8, 4) is 5.75 Å². The number of benzene rings is 1. The Bertz CT molecular complexity index is 550. The molecule has 112 valence electrons. The number of anilines is 1. The molecule has 1 saturated carbocycles. The fourth-order valence-electron chi connectivity index (χ4n) is 2.51. The first-order valence-corrected chi connectivity index (χ1v) is 8.49. The molecule has 0 bridgehead atoms. The number of hydrogen-bond donors (Lipinski definition) is 2. The minimum absolute atomic E-state index is 0.186. The summed E-state index contributed by atoms with van der Waals surface area (Å²) in [4.78, 5) is 0. The Morgan fingerprint density at radius 2 is 2.05 bits per heavy atom. The highest BCUT2D eigenvalue weighted by Crippen LogP contribution is 2.28. The normalized spacial score (nSPS) is 16.3. The largest absolute Gasteiger partial charge is 0.494 e. The summed E-state index contributed by atoms with van der Waals surface area (Å²) in [6.07, 6.45) is 3.38. The van der Waals surface area contributed by atoms with Crippen LogP contribution in [0, 0.1) is 0 Å². The molecule has 0 unspecified atom stereocenters. The van der Waals surface area contributed by atoms with Gasteiger partial charge in [0.2, 0.25) is 10.0 Å². The van der Waals surface area contributed by atoms with Crippen molar-refractivity contribution < 1.29 is 18.3 Å². The topological polar surface area (TPSA) is 75.6 Å². The predicted octanol–water partition coefficient (Wildman–Crippen LogP) is 2.26. The molecule has 0 saturated heterocycles. The molecular weight excluding hydrogens is 278 g/mol. The Morgan fingerprint density at radius 1 is 1.35 bits per heavy atom. The first-order chi connectivity index (χ1) is 9.56. The summed E-state index contributed by atoms with van der Waals surface area (Å²) >= 11 is 0. The fraction of sp³-hybridized carbons (Fsp3) is 0.571. The van der Waals surface area contributed by atoms with Crippen molar-refractivity contribution in [3.63, 3.8) is 0 Å². The summed E-state index contributed by atoms with van der Waals surface area (Å²) in [5.41, 5.74) is 1.06. The van der Waals surface area contributed by atoms with Gasteiger partial charge in [-0.3, -0.25) is 4.72 Å². The van der Waals surface area contributed by atoms with Crippen molar-refractivity contribution in [3.05, 3.63) is 23.8 Å². The zero-order valence-corrected chi connectivity index (χ0v) is 12.4. The van der Waals surface area contributed by atoms with Gasteiger partial charge in [-0.1, -0.05) is 12.8 Å². The van der Waals surface area contributed by atoms with Crippen molar-refractivity contribution in [1.82, 2.24) is 0 Å². The van der Waals surface area contributed by atoms with Crippen molar-refractivity contribution in [2.45, 2.75) is 44.5 Å². The lowest BCUT2D eigenvalue weighted by Crippen LogP contribution is -2.25. The summed E-state index contributed by atoms with van der Waals surface area (Å²) in [5.74, 6) is 0.582. The molecule has 1 aromatic rings. The van der Waals surface area contributed by atoms with E-state index in [1.807, 2.05) is 6.92 Å². The maximum Gasteiger partial charge on any atom is 0.235 e. The maximum atomic E-state index is 12.2. The lowest BCUT2D eigenvalue weighted by Gasteiger charge is -2.15. The summed E-state index contributed by atoms with van der Waals surface area (Å²) < 4.78 is 32.4. The quantitative estimate of drug-likeness (QED) is 0.845. The Kier molecular flexibility index (Phi) is 4.88. The average molecular weight is 299 g/mol. The zero-order chi connectivity index (χ0) is 14.6. The number of hydrogen-bond acceptors (Lipinski definition) is 4. The van der Waals surface area contributed by atoms with E-state index in [1.165, 1.54) is 0 Å². The Hall–Kier alpha value is -1.27. The van der Waals surface area contributed by atoms with E-state index in [0.717, 1.165) is 25.7 Å². The van der Waals surface area contributed by atoms with Gasteiger partial charge in [-0.2, -0.15) is 0 Å². The molecule has 2 N–H and O–H groups in total. The average Bonchev–Trinajstić information content (AvgIpc) is 2.95. The van der Waals surface area contributed by atoms with E-state index in [2.05, 4.69) is 4.72 Å². The second kappa shape index (κ2) is 6.45. The molecule has 6 heteroatoms. The lowest BCUT2D eigenvalue weighted by molar-refractivity contribution is 0.267. The molecule has 0 radical (unpaired) electrons. The number of rotatable bonds is 6. The second-order valence-corrected chi connectivity index (χ2v) is 6.93. The van der Waals surface area contributed by atoms with Crippen LogP contribution in [0.25, 0.3) is 0 Å². The second-order valence-electron chi connectivity index (χ2n) is 4.97.